The maximum Gasteiger partial charge on any atom is 0.185 e. The highest BCUT2D eigenvalue weighted by atomic mass is 35.5. The van der Waals surface area contributed by atoms with Gasteiger partial charge >= 0.3 is 0 Å². The van der Waals surface area contributed by atoms with Gasteiger partial charge in [-0.05, 0) is 49.8 Å². The van der Waals surface area contributed by atoms with Crippen molar-refractivity contribution in [3.63, 3.8) is 0 Å². The van der Waals surface area contributed by atoms with Gasteiger partial charge in [-0.1, -0.05) is 47.0 Å². The summed E-state index contributed by atoms with van der Waals surface area (Å²) in [6.45, 7) is 4.09. The highest BCUT2D eigenvalue weighted by Gasteiger charge is 2.01. The Labute approximate surface area is 118 Å². The predicted octanol–water partition coefficient (Wildman–Crippen LogP) is 4.85. The molecule has 0 aliphatic carbocycles. The van der Waals surface area contributed by atoms with E-state index in [1.54, 1.807) is 30.3 Å². The SMILES string of the molecule is Cc1cc(C)cc(C=CC(=O)c2ccc(Cl)cc2)c1. The fourth-order valence-electron chi connectivity index (χ4n) is 1.99. The van der Waals surface area contributed by atoms with Crippen molar-refractivity contribution in [2.75, 3.05) is 0 Å². The lowest BCUT2D eigenvalue weighted by molar-refractivity contribution is 0.104. The quantitative estimate of drug-likeness (QED) is 0.575. The Morgan fingerprint density at radius 3 is 2.16 bits per heavy atom. The van der Waals surface area contributed by atoms with Crippen LogP contribution >= 0.6 is 11.6 Å². The number of carbonyl (C=O) groups is 1. The normalized spacial score (nSPS) is 10.9. The number of hydrogen-bond acceptors (Lipinski definition) is 1. The minimum atomic E-state index is -0.0178. The lowest BCUT2D eigenvalue weighted by atomic mass is 10.1. The van der Waals surface area contributed by atoms with Crippen LogP contribution < -0.4 is 0 Å². The minimum Gasteiger partial charge on any atom is -0.289 e. The highest BCUT2D eigenvalue weighted by molar-refractivity contribution is 6.30. The fraction of sp³-hybridized carbons (Fsp3) is 0.118. The molecule has 0 fully saturated rings. The maximum atomic E-state index is 12.0. The molecule has 96 valence electrons. The molecule has 0 saturated carbocycles. The summed E-state index contributed by atoms with van der Waals surface area (Å²) in [6, 6.07) is 13.1. The minimum absolute atomic E-state index is 0.0178. The van der Waals surface area contributed by atoms with Gasteiger partial charge in [-0.2, -0.15) is 0 Å². The van der Waals surface area contributed by atoms with Crippen molar-refractivity contribution in [1.29, 1.82) is 0 Å². The summed E-state index contributed by atoms with van der Waals surface area (Å²) in [5.74, 6) is -0.0178. The van der Waals surface area contributed by atoms with Crippen LogP contribution in [-0.2, 0) is 0 Å². The second kappa shape index (κ2) is 5.85. The zero-order valence-electron chi connectivity index (χ0n) is 11.0. The molecule has 0 N–H and O–H groups in total. The van der Waals surface area contributed by atoms with Crippen molar-refractivity contribution in [2.45, 2.75) is 13.8 Å². The molecule has 0 saturated heterocycles. The summed E-state index contributed by atoms with van der Waals surface area (Å²) in [5, 5.41) is 0.634. The van der Waals surface area contributed by atoms with E-state index in [0.29, 0.717) is 10.6 Å². The van der Waals surface area contributed by atoms with E-state index in [1.165, 1.54) is 11.1 Å². The summed E-state index contributed by atoms with van der Waals surface area (Å²) < 4.78 is 0. The zero-order chi connectivity index (χ0) is 13.8. The maximum absolute atomic E-state index is 12.0. The molecule has 2 aromatic carbocycles. The first-order valence-corrected chi connectivity index (χ1v) is 6.49. The van der Waals surface area contributed by atoms with Gasteiger partial charge in [-0.25, -0.2) is 0 Å². The second-order valence-corrected chi connectivity index (χ2v) is 5.06. The second-order valence-electron chi connectivity index (χ2n) is 4.63. The van der Waals surface area contributed by atoms with E-state index in [0.717, 1.165) is 5.56 Å². The molecule has 2 aromatic rings. The Hall–Kier alpha value is -1.86. The lowest BCUT2D eigenvalue weighted by Gasteiger charge is -2.00. The average molecular weight is 271 g/mol. The van der Waals surface area contributed by atoms with Gasteiger partial charge < -0.3 is 0 Å². The van der Waals surface area contributed by atoms with E-state index < -0.39 is 0 Å². The van der Waals surface area contributed by atoms with Crippen LogP contribution in [0.5, 0.6) is 0 Å². The van der Waals surface area contributed by atoms with Crippen LogP contribution in [0.4, 0.5) is 0 Å². The molecule has 1 nitrogen and oxygen atoms in total. The predicted molar refractivity (Wildman–Crippen MR) is 80.7 cm³/mol. The Morgan fingerprint density at radius 2 is 1.58 bits per heavy atom. The van der Waals surface area contributed by atoms with Crippen LogP contribution in [0.15, 0.2) is 48.5 Å². The van der Waals surface area contributed by atoms with Crippen molar-refractivity contribution >= 4 is 23.5 Å². The molecule has 19 heavy (non-hydrogen) atoms. The average Bonchev–Trinajstić information content (AvgIpc) is 2.36. The van der Waals surface area contributed by atoms with E-state index in [9.17, 15) is 4.79 Å². The number of allylic oxidation sites excluding steroid dienone is 1. The largest absolute Gasteiger partial charge is 0.289 e. The first-order chi connectivity index (χ1) is 9.04. The van der Waals surface area contributed by atoms with Crippen LogP contribution in [0, 0.1) is 13.8 Å². The number of rotatable bonds is 3. The molecule has 0 bridgehead atoms. The number of hydrogen-bond donors (Lipinski definition) is 0. The van der Waals surface area contributed by atoms with Gasteiger partial charge in [0.2, 0.25) is 0 Å². The fourth-order valence-corrected chi connectivity index (χ4v) is 2.11. The Kier molecular flexibility index (Phi) is 4.18. The topological polar surface area (TPSA) is 17.1 Å². The van der Waals surface area contributed by atoms with Gasteiger partial charge in [0.05, 0.1) is 0 Å². The van der Waals surface area contributed by atoms with Gasteiger partial charge in [0.1, 0.15) is 0 Å². The summed E-state index contributed by atoms with van der Waals surface area (Å²) >= 11 is 5.79. The first-order valence-electron chi connectivity index (χ1n) is 6.11. The van der Waals surface area contributed by atoms with Crippen LogP contribution in [0.1, 0.15) is 27.0 Å². The van der Waals surface area contributed by atoms with Crippen LogP contribution in [0.25, 0.3) is 6.08 Å². The first kappa shape index (κ1) is 13.6. The molecule has 0 atom stereocenters. The molecule has 0 aliphatic heterocycles. The molecule has 2 rings (SSSR count). The molecular formula is C17H15ClO. The Bertz CT molecular complexity index is 604. The van der Waals surface area contributed by atoms with Gasteiger partial charge in [0.25, 0.3) is 0 Å². The molecule has 0 aromatic heterocycles. The summed E-state index contributed by atoms with van der Waals surface area (Å²) in [4.78, 5) is 12.0. The Morgan fingerprint density at radius 1 is 1.00 bits per heavy atom. The van der Waals surface area contributed by atoms with Gasteiger partial charge in [-0.3, -0.25) is 4.79 Å². The molecule has 0 heterocycles. The Balaban J connectivity index is 2.18. The molecule has 0 aliphatic rings. The van der Waals surface area contributed by atoms with Crippen LogP contribution in [-0.4, -0.2) is 5.78 Å². The van der Waals surface area contributed by atoms with Gasteiger partial charge in [-0.15, -0.1) is 0 Å². The lowest BCUT2D eigenvalue weighted by Crippen LogP contribution is -1.93. The number of benzene rings is 2. The monoisotopic (exact) mass is 270 g/mol. The molecule has 0 amide bonds. The summed E-state index contributed by atoms with van der Waals surface area (Å²) in [5.41, 5.74) is 4.07. The molecule has 0 radical (unpaired) electrons. The number of ketones is 1. The van der Waals surface area contributed by atoms with E-state index in [1.807, 2.05) is 19.9 Å². The van der Waals surface area contributed by atoms with Crippen molar-refractivity contribution in [3.05, 3.63) is 75.8 Å². The van der Waals surface area contributed by atoms with E-state index >= 15 is 0 Å². The summed E-state index contributed by atoms with van der Waals surface area (Å²) in [6.07, 6.45) is 3.44. The van der Waals surface area contributed by atoms with Gasteiger partial charge in [0, 0.05) is 10.6 Å². The highest BCUT2D eigenvalue weighted by Crippen LogP contribution is 2.13. The van der Waals surface area contributed by atoms with Gasteiger partial charge in [0.15, 0.2) is 5.78 Å². The number of aryl methyl sites for hydroxylation is 2. The third-order valence-corrected chi connectivity index (χ3v) is 3.05. The molecule has 2 heteroatoms. The standard InChI is InChI=1S/C17H15ClO/c1-12-9-13(2)11-14(10-12)3-8-17(19)15-4-6-16(18)7-5-15/h3-11H,1-2H3. The van der Waals surface area contributed by atoms with Crippen molar-refractivity contribution < 1.29 is 4.79 Å². The smallest absolute Gasteiger partial charge is 0.185 e. The van der Waals surface area contributed by atoms with Crippen molar-refractivity contribution in [2.24, 2.45) is 0 Å². The third-order valence-electron chi connectivity index (χ3n) is 2.80. The van der Waals surface area contributed by atoms with E-state index in [2.05, 4.69) is 18.2 Å². The molecule has 0 spiro atoms. The van der Waals surface area contributed by atoms with Crippen molar-refractivity contribution in [3.8, 4) is 0 Å². The van der Waals surface area contributed by atoms with Crippen molar-refractivity contribution in [1.82, 2.24) is 0 Å². The zero-order valence-corrected chi connectivity index (χ0v) is 11.7. The van der Waals surface area contributed by atoms with Crippen LogP contribution in [0.2, 0.25) is 5.02 Å². The molecule has 0 unspecified atom stereocenters. The van der Waals surface area contributed by atoms with Crippen LogP contribution in [0.3, 0.4) is 0 Å². The van der Waals surface area contributed by atoms with E-state index in [4.69, 9.17) is 11.6 Å². The summed E-state index contributed by atoms with van der Waals surface area (Å²) in [7, 11) is 0. The number of carbonyl (C=O) groups excluding carboxylic acids is 1. The molecular weight excluding hydrogens is 256 g/mol. The van der Waals surface area contributed by atoms with E-state index in [-0.39, 0.29) is 5.78 Å². The number of halogens is 1. The third kappa shape index (κ3) is 3.80.